The highest BCUT2D eigenvalue weighted by Gasteiger charge is 2.45. The Bertz CT molecular complexity index is 773. The van der Waals surface area contributed by atoms with E-state index in [1.165, 1.54) is 0 Å². The van der Waals surface area contributed by atoms with Gasteiger partial charge in [0.2, 0.25) is 0 Å². The van der Waals surface area contributed by atoms with Gasteiger partial charge in [0.25, 0.3) is 10.4 Å². The SMILES string of the molecule is C[N+](C)(C)C.O=S(=O)([O-])O/N=C(/Cc1ccccc1)[C@@H]1O[C@H](CO)[C@@H](O)[C@H](O)[C@H]1O. The zero-order chi connectivity index (χ0) is 23.1. The van der Waals surface area contributed by atoms with Gasteiger partial charge in [-0.2, -0.15) is 8.42 Å². The first-order valence-electron chi connectivity index (χ1n) is 9.07. The average Bonchev–Trinajstić information content (AvgIpc) is 2.62. The topological polar surface area (TPSA) is 169 Å². The molecule has 4 N–H and O–H groups in total. The second-order valence-corrected chi connectivity index (χ2v) is 9.13. The van der Waals surface area contributed by atoms with Gasteiger partial charge in [-0.15, -0.1) is 0 Å². The lowest BCUT2D eigenvalue weighted by Gasteiger charge is -2.40. The van der Waals surface area contributed by atoms with Crippen molar-refractivity contribution >= 4 is 16.1 Å². The lowest BCUT2D eigenvalue weighted by Crippen LogP contribution is -2.60. The van der Waals surface area contributed by atoms with Gasteiger partial charge < -0.3 is 34.2 Å². The molecule has 30 heavy (non-hydrogen) atoms. The highest BCUT2D eigenvalue weighted by atomic mass is 32.3. The van der Waals surface area contributed by atoms with Gasteiger partial charge in [-0.3, -0.25) is 4.28 Å². The molecule has 0 amide bonds. The van der Waals surface area contributed by atoms with E-state index in [2.05, 4.69) is 37.6 Å². The predicted octanol–water partition coefficient (Wildman–Crippen LogP) is -1.77. The van der Waals surface area contributed by atoms with E-state index in [1.54, 1.807) is 30.3 Å². The number of benzene rings is 1. The third-order valence-electron chi connectivity index (χ3n) is 3.69. The standard InChI is InChI=1S/C14H19NO9S.C4H12N/c16-7-10-11(17)12(18)13(19)14(23-10)9(15-24-25(20,21)22)6-8-4-2-1-3-5-8;1-5(2,3)4/h1-5,10-14,16-19H,6-7H2,(H,20,21,22);1-4H3/q;+1/p-1/b15-9-;/t10-,11-,12+,13-,14+;/m1./s1. The van der Waals surface area contributed by atoms with E-state index in [4.69, 9.17) is 4.74 Å². The van der Waals surface area contributed by atoms with Crippen LogP contribution in [0.15, 0.2) is 35.5 Å². The Morgan fingerprint density at radius 1 is 1.10 bits per heavy atom. The number of nitrogens with zero attached hydrogens (tertiary/aromatic N) is 2. The summed E-state index contributed by atoms with van der Waals surface area (Å²) in [5.74, 6) is 0. The minimum Gasteiger partial charge on any atom is -0.714 e. The Kier molecular flexibility index (Phi) is 9.78. The van der Waals surface area contributed by atoms with Crippen LogP contribution in [0.5, 0.6) is 0 Å². The van der Waals surface area contributed by atoms with Crippen LogP contribution in [-0.4, -0.2) is 109 Å². The lowest BCUT2D eigenvalue weighted by atomic mass is 9.90. The van der Waals surface area contributed by atoms with Crippen LogP contribution < -0.4 is 0 Å². The van der Waals surface area contributed by atoms with Gasteiger partial charge in [0.15, 0.2) is 0 Å². The normalized spacial score (nSPS) is 27.8. The summed E-state index contributed by atoms with van der Waals surface area (Å²) in [6.45, 7) is -0.666. The predicted molar refractivity (Wildman–Crippen MR) is 106 cm³/mol. The Morgan fingerprint density at radius 2 is 1.63 bits per heavy atom. The molecule has 12 heteroatoms. The van der Waals surface area contributed by atoms with E-state index in [-0.39, 0.29) is 12.1 Å². The smallest absolute Gasteiger partial charge is 0.283 e. The number of rotatable bonds is 6. The number of quaternary nitrogens is 1. The zero-order valence-electron chi connectivity index (χ0n) is 17.3. The maximum atomic E-state index is 10.7. The van der Waals surface area contributed by atoms with Crippen LogP contribution in [0.4, 0.5) is 0 Å². The van der Waals surface area contributed by atoms with E-state index in [0.29, 0.717) is 5.56 Å². The summed E-state index contributed by atoms with van der Waals surface area (Å²) in [4.78, 5) is 0. The van der Waals surface area contributed by atoms with Crippen LogP contribution in [0.25, 0.3) is 0 Å². The van der Waals surface area contributed by atoms with Crippen molar-refractivity contribution in [3.8, 4) is 0 Å². The summed E-state index contributed by atoms with van der Waals surface area (Å²) in [5.41, 5.74) is 0.424. The molecular formula is C18H30N2O9S. The second-order valence-electron chi connectivity index (χ2n) is 8.16. The van der Waals surface area contributed by atoms with Gasteiger partial charge in [0, 0.05) is 6.42 Å². The van der Waals surface area contributed by atoms with Crippen molar-refractivity contribution in [1.82, 2.24) is 0 Å². The fraction of sp³-hybridized carbons (Fsp3) is 0.611. The third kappa shape index (κ3) is 9.45. The molecule has 0 saturated carbocycles. The molecule has 0 unspecified atom stereocenters. The molecule has 1 saturated heterocycles. The molecule has 172 valence electrons. The van der Waals surface area contributed by atoms with Crippen LogP contribution in [0.2, 0.25) is 0 Å². The van der Waals surface area contributed by atoms with Crippen molar-refractivity contribution in [3.05, 3.63) is 35.9 Å². The van der Waals surface area contributed by atoms with Crippen molar-refractivity contribution in [2.45, 2.75) is 36.9 Å². The Balaban J connectivity index is 0.000000804. The van der Waals surface area contributed by atoms with E-state index < -0.39 is 47.5 Å². The van der Waals surface area contributed by atoms with Crippen LogP contribution in [0, 0.1) is 0 Å². The monoisotopic (exact) mass is 450 g/mol. The second kappa shape index (κ2) is 11.1. The molecule has 1 heterocycles. The van der Waals surface area contributed by atoms with Crippen molar-refractivity contribution in [3.63, 3.8) is 0 Å². The summed E-state index contributed by atoms with van der Waals surface area (Å²) in [6.07, 6.45) is -7.64. The number of ether oxygens (including phenoxy) is 1. The van der Waals surface area contributed by atoms with Crippen molar-refractivity contribution in [2.24, 2.45) is 5.16 Å². The molecule has 2 rings (SSSR count). The van der Waals surface area contributed by atoms with Crippen molar-refractivity contribution in [1.29, 1.82) is 0 Å². The van der Waals surface area contributed by atoms with Gasteiger partial charge in [0.1, 0.15) is 30.5 Å². The third-order valence-corrected chi connectivity index (χ3v) is 3.95. The molecule has 1 aromatic carbocycles. The van der Waals surface area contributed by atoms with E-state index in [0.717, 1.165) is 4.48 Å². The first-order chi connectivity index (χ1) is 13.7. The summed E-state index contributed by atoms with van der Waals surface area (Å²) in [5, 5.41) is 42.2. The number of hydrogen-bond donors (Lipinski definition) is 4. The molecule has 1 aliphatic heterocycles. The van der Waals surface area contributed by atoms with E-state index in [9.17, 15) is 33.4 Å². The summed E-state index contributed by atoms with van der Waals surface area (Å²) in [7, 11) is 3.35. The molecule has 5 atom stereocenters. The fourth-order valence-electron chi connectivity index (χ4n) is 2.46. The molecule has 0 aromatic heterocycles. The van der Waals surface area contributed by atoms with Gasteiger partial charge in [0.05, 0.1) is 40.5 Å². The van der Waals surface area contributed by atoms with Gasteiger partial charge in [-0.25, -0.2) is 0 Å². The Hall–Kier alpha value is -1.64. The largest absolute Gasteiger partial charge is 0.714 e. The first-order valence-corrected chi connectivity index (χ1v) is 10.4. The highest BCUT2D eigenvalue weighted by molar-refractivity contribution is 7.80. The summed E-state index contributed by atoms with van der Waals surface area (Å²) >= 11 is 0. The molecular weight excluding hydrogens is 420 g/mol. The molecule has 1 aliphatic rings. The van der Waals surface area contributed by atoms with Crippen molar-refractivity contribution < 1.29 is 46.9 Å². The zero-order valence-corrected chi connectivity index (χ0v) is 18.1. The number of hydrogen-bond acceptors (Lipinski definition) is 10. The minimum absolute atomic E-state index is 0.0704. The number of aliphatic hydroxyl groups excluding tert-OH is 4. The van der Waals surface area contributed by atoms with Crippen LogP contribution in [-0.2, 0) is 25.8 Å². The molecule has 11 nitrogen and oxygen atoms in total. The Labute approximate surface area is 176 Å². The van der Waals surface area contributed by atoms with E-state index >= 15 is 0 Å². The molecule has 0 aliphatic carbocycles. The van der Waals surface area contributed by atoms with Gasteiger partial charge >= 0.3 is 0 Å². The molecule has 0 radical (unpaired) electrons. The minimum atomic E-state index is -5.15. The number of oxime groups is 1. The Morgan fingerprint density at radius 3 is 2.10 bits per heavy atom. The number of aliphatic hydroxyl groups is 4. The molecule has 1 aromatic rings. The maximum Gasteiger partial charge on any atom is 0.283 e. The van der Waals surface area contributed by atoms with Crippen LogP contribution in [0.1, 0.15) is 5.56 Å². The van der Waals surface area contributed by atoms with Crippen molar-refractivity contribution in [2.75, 3.05) is 34.8 Å². The fourth-order valence-corrected chi connectivity index (χ4v) is 2.65. The molecule has 0 bridgehead atoms. The summed E-state index contributed by atoms with van der Waals surface area (Å²) < 4.78 is 42.2. The maximum absolute atomic E-state index is 10.7. The molecule has 1 fully saturated rings. The average molecular weight is 451 g/mol. The first kappa shape index (κ1) is 26.4. The summed E-state index contributed by atoms with van der Waals surface area (Å²) in [6, 6.07) is 8.49. The van der Waals surface area contributed by atoms with Crippen LogP contribution in [0.3, 0.4) is 0 Å². The molecule has 0 spiro atoms. The van der Waals surface area contributed by atoms with Gasteiger partial charge in [-0.05, 0) is 5.56 Å². The van der Waals surface area contributed by atoms with Gasteiger partial charge in [-0.1, -0.05) is 35.5 Å². The van der Waals surface area contributed by atoms with Crippen LogP contribution >= 0.6 is 0 Å². The van der Waals surface area contributed by atoms with E-state index in [1.807, 2.05) is 0 Å². The highest BCUT2D eigenvalue weighted by Crippen LogP contribution is 2.23. The lowest BCUT2D eigenvalue weighted by molar-refractivity contribution is -0.849. The quantitative estimate of drug-likeness (QED) is 0.129.